The minimum Gasteiger partial charge on any atom is -0.346 e. The van der Waals surface area contributed by atoms with Gasteiger partial charge in [0.1, 0.15) is 0 Å². The molecule has 23 heavy (non-hydrogen) atoms. The second-order valence-corrected chi connectivity index (χ2v) is 7.96. The van der Waals surface area contributed by atoms with Crippen molar-refractivity contribution in [2.75, 3.05) is 19.3 Å². The highest BCUT2D eigenvalue weighted by atomic mass is 32.2. The Kier molecular flexibility index (Phi) is 13.4. The molecule has 0 radical (unpaired) electrons. The highest BCUT2D eigenvalue weighted by molar-refractivity contribution is 7.85. The predicted octanol–water partition coefficient (Wildman–Crippen LogP) is 4.03. The molecular weight excluding hydrogens is 314 g/mol. The molecule has 0 aliphatic rings. The van der Waals surface area contributed by atoms with E-state index >= 15 is 0 Å². The fourth-order valence-corrected chi connectivity index (χ4v) is 3.06. The summed E-state index contributed by atoms with van der Waals surface area (Å²) in [5.41, 5.74) is 0. The Morgan fingerprint density at radius 3 is 1.83 bits per heavy atom. The van der Waals surface area contributed by atoms with Crippen LogP contribution in [0.1, 0.15) is 84.0 Å². The van der Waals surface area contributed by atoms with Crippen molar-refractivity contribution in [1.82, 2.24) is 4.90 Å². The average Bonchev–Trinajstić information content (AvgIpc) is 2.47. The van der Waals surface area contributed by atoms with Gasteiger partial charge in [-0.15, -0.1) is 0 Å². The third kappa shape index (κ3) is 16.0. The average molecular weight is 350 g/mol. The van der Waals surface area contributed by atoms with Crippen molar-refractivity contribution in [2.45, 2.75) is 84.0 Å². The molecule has 0 aromatic heterocycles. The fourth-order valence-electron chi connectivity index (χ4n) is 2.56. The van der Waals surface area contributed by atoms with Crippen LogP contribution in [0.25, 0.3) is 0 Å². The van der Waals surface area contributed by atoms with Gasteiger partial charge in [0.05, 0.1) is 5.75 Å². The monoisotopic (exact) mass is 349 g/mol. The topological polar surface area (TPSA) is 74.7 Å². The summed E-state index contributed by atoms with van der Waals surface area (Å²) in [7, 11) is -2.24. The van der Waals surface area contributed by atoms with Gasteiger partial charge in [0.15, 0.2) is 0 Å². The molecule has 1 amide bonds. The normalized spacial score (nSPS) is 11.6. The highest BCUT2D eigenvalue weighted by Gasteiger charge is 2.10. The summed E-state index contributed by atoms with van der Waals surface area (Å²) in [6.07, 6.45) is 13.2. The molecular formula is C17H35NO4S. The number of hydrogen-bond donors (Lipinski definition) is 1. The minimum absolute atomic E-state index is 0.0555. The number of nitrogens with zero attached hydrogens (tertiary/aromatic N) is 1. The van der Waals surface area contributed by atoms with Crippen LogP contribution in [-0.2, 0) is 14.9 Å². The lowest BCUT2D eigenvalue weighted by molar-refractivity contribution is -0.130. The fraction of sp³-hybridized carbons (Fsp3) is 0.941. The zero-order chi connectivity index (χ0) is 17.6. The molecule has 6 heteroatoms. The zero-order valence-electron chi connectivity index (χ0n) is 14.9. The second-order valence-electron chi connectivity index (χ2n) is 6.39. The molecule has 0 aromatic rings. The largest absolute Gasteiger partial charge is 0.346 e. The van der Waals surface area contributed by atoms with Gasteiger partial charge in [-0.25, -0.2) is 0 Å². The summed E-state index contributed by atoms with van der Waals surface area (Å²) >= 11 is 0. The first-order valence-corrected chi connectivity index (χ1v) is 10.7. The van der Waals surface area contributed by atoms with Gasteiger partial charge in [-0.2, -0.15) is 8.42 Å². The first-order chi connectivity index (χ1) is 10.9. The molecule has 0 aromatic carbocycles. The molecule has 0 spiro atoms. The predicted molar refractivity (Wildman–Crippen MR) is 95.1 cm³/mol. The summed E-state index contributed by atoms with van der Waals surface area (Å²) < 4.78 is 29.9. The van der Waals surface area contributed by atoms with Crippen molar-refractivity contribution in [2.24, 2.45) is 0 Å². The summed E-state index contributed by atoms with van der Waals surface area (Å²) in [6, 6.07) is 0. The lowest BCUT2D eigenvalue weighted by Crippen LogP contribution is -2.28. The van der Waals surface area contributed by atoms with Crippen LogP contribution in [0.3, 0.4) is 0 Å². The van der Waals surface area contributed by atoms with E-state index in [2.05, 4.69) is 6.92 Å². The van der Waals surface area contributed by atoms with Crippen molar-refractivity contribution in [1.29, 1.82) is 0 Å². The van der Waals surface area contributed by atoms with Crippen LogP contribution in [0.4, 0.5) is 0 Å². The lowest BCUT2D eigenvalue weighted by atomic mass is 10.1. The maximum absolute atomic E-state index is 11.8. The number of hydrogen-bond acceptors (Lipinski definition) is 3. The molecule has 0 fully saturated rings. The molecule has 0 bridgehead atoms. The van der Waals surface area contributed by atoms with E-state index in [0.29, 0.717) is 13.0 Å². The summed E-state index contributed by atoms with van der Waals surface area (Å²) in [5.74, 6) is -0.233. The molecule has 0 aliphatic heterocycles. The third-order valence-electron chi connectivity index (χ3n) is 4.07. The van der Waals surface area contributed by atoms with Crippen molar-refractivity contribution in [3.8, 4) is 0 Å². The van der Waals surface area contributed by atoms with Crippen LogP contribution in [0.5, 0.6) is 0 Å². The number of carbonyl (C=O) groups is 1. The summed E-state index contributed by atoms with van der Waals surface area (Å²) in [4.78, 5) is 13.4. The first kappa shape index (κ1) is 22.4. The van der Waals surface area contributed by atoms with E-state index in [4.69, 9.17) is 4.55 Å². The van der Waals surface area contributed by atoms with Crippen LogP contribution >= 0.6 is 0 Å². The van der Waals surface area contributed by atoms with E-state index in [1.807, 2.05) is 0 Å². The van der Waals surface area contributed by atoms with Crippen LogP contribution in [0.15, 0.2) is 0 Å². The third-order valence-corrected chi connectivity index (χ3v) is 4.87. The Labute approximate surface area is 142 Å². The molecule has 0 rings (SSSR count). The van der Waals surface area contributed by atoms with Crippen LogP contribution in [0.2, 0.25) is 0 Å². The van der Waals surface area contributed by atoms with E-state index < -0.39 is 10.1 Å². The lowest BCUT2D eigenvalue weighted by Gasteiger charge is -2.16. The maximum Gasteiger partial charge on any atom is 0.264 e. The van der Waals surface area contributed by atoms with Gasteiger partial charge in [0, 0.05) is 20.0 Å². The Morgan fingerprint density at radius 1 is 0.870 bits per heavy atom. The smallest absolute Gasteiger partial charge is 0.264 e. The van der Waals surface area contributed by atoms with Crippen molar-refractivity contribution in [3.05, 3.63) is 0 Å². The van der Waals surface area contributed by atoms with E-state index in [-0.39, 0.29) is 18.1 Å². The van der Waals surface area contributed by atoms with Gasteiger partial charge in [0.2, 0.25) is 5.91 Å². The summed E-state index contributed by atoms with van der Waals surface area (Å²) in [5, 5.41) is 0. The second kappa shape index (κ2) is 13.8. The minimum atomic E-state index is -3.92. The van der Waals surface area contributed by atoms with Crippen LogP contribution in [0, 0.1) is 0 Å². The van der Waals surface area contributed by atoms with E-state index in [0.717, 1.165) is 12.8 Å². The van der Waals surface area contributed by atoms with Gasteiger partial charge in [-0.1, -0.05) is 64.7 Å². The number of carbonyl (C=O) groups excluding carboxylic acids is 1. The zero-order valence-corrected chi connectivity index (χ0v) is 15.7. The number of unbranched alkanes of at least 4 members (excludes halogenated alkanes) is 9. The van der Waals surface area contributed by atoms with Crippen LogP contribution < -0.4 is 0 Å². The van der Waals surface area contributed by atoms with Gasteiger partial charge < -0.3 is 4.90 Å². The van der Waals surface area contributed by atoms with Crippen molar-refractivity contribution in [3.63, 3.8) is 0 Å². The quantitative estimate of drug-likeness (QED) is 0.358. The van der Waals surface area contributed by atoms with Crippen LogP contribution in [-0.4, -0.2) is 43.1 Å². The number of rotatable bonds is 15. The van der Waals surface area contributed by atoms with E-state index in [9.17, 15) is 13.2 Å². The SMILES string of the molecule is CCCCCCCCCCCCC(=O)N(C)CCCS(=O)(=O)O. The molecule has 0 unspecified atom stereocenters. The Bertz CT molecular complexity index is 395. The molecule has 0 atom stereocenters. The Hall–Kier alpha value is -0.620. The van der Waals surface area contributed by atoms with Gasteiger partial charge in [0.25, 0.3) is 10.1 Å². The molecule has 5 nitrogen and oxygen atoms in total. The maximum atomic E-state index is 11.8. The Balaban J connectivity index is 3.45. The van der Waals surface area contributed by atoms with E-state index in [1.165, 1.54) is 51.4 Å². The summed E-state index contributed by atoms with van der Waals surface area (Å²) in [6.45, 7) is 2.60. The molecule has 1 N–H and O–H groups in total. The molecule has 0 saturated carbocycles. The molecule has 0 heterocycles. The van der Waals surface area contributed by atoms with Crippen molar-refractivity contribution < 1.29 is 17.8 Å². The molecule has 0 aliphatic carbocycles. The molecule has 0 saturated heterocycles. The standard InChI is InChI=1S/C17H35NO4S/c1-3-4-5-6-7-8-9-10-11-12-14-17(19)18(2)15-13-16-23(20,21)22/h3-16H2,1-2H3,(H,20,21,22). The van der Waals surface area contributed by atoms with Gasteiger partial charge in [-0.05, 0) is 12.8 Å². The molecule has 138 valence electrons. The van der Waals surface area contributed by atoms with E-state index in [1.54, 1.807) is 11.9 Å². The van der Waals surface area contributed by atoms with Crippen molar-refractivity contribution >= 4 is 16.0 Å². The highest BCUT2D eigenvalue weighted by Crippen LogP contribution is 2.11. The number of amides is 1. The Morgan fingerprint density at radius 2 is 1.35 bits per heavy atom. The van der Waals surface area contributed by atoms with Gasteiger partial charge >= 0.3 is 0 Å². The first-order valence-electron chi connectivity index (χ1n) is 9.06. The van der Waals surface area contributed by atoms with Gasteiger partial charge in [-0.3, -0.25) is 9.35 Å².